The molecule has 0 saturated heterocycles. The van der Waals surface area contributed by atoms with Crippen molar-refractivity contribution in [1.29, 1.82) is 0 Å². The van der Waals surface area contributed by atoms with Crippen LogP contribution >= 0.6 is 0 Å². The topological polar surface area (TPSA) is 88.5 Å². The van der Waals surface area contributed by atoms with Crippen molar-refractivity contribution in [2.75, 3.05) is 0 Å². The van der Waals surface area contributed by atoms with E-state index >= 15 is 0 Å². The maximum absolute atomic E-state index is 12.5. The maximum Gasteiger partial charge on any atom is 0.417 e. The highest BCUT2D eigenvalue weighted by atomic mass is 19.4. The molecule has 0 radical (unpaired) electrons. The summed E-state index contributed by atoms with van der Waals surface area (Å²) in [5.41, 5.74) is -0.504. The highest BCUT2D eigenvalue weighted by molar-refractivity contribution is 5.94. The van der Waals surface area contributed by atoms with Crippen LogP contribution in [0.2, 0.25) is 0 Å². The molecule has 1 aromatic heterocycles. The van der Waals surface area contributed by atoms with Gasteiger partial charge in [0.2, 0.25) is 5.88 Å². The molecule has 2 N–H and O–H groups in total. The summed E-state index contributed by atoms with van der Waals surface area (Å²) in [6.45, 7) is 0. The molecule has 1 aromatic carbocycles. The number of aromatic nitrogens is 1. The van der Waals surface area contributed by atoms with Crippen LogP contribution in [-0.2, 0) is 11.0 Å². The Balaban J connectivity index is 1.57. The number of carboxylic acids is 1. The van der Waals surface area contributed by atoms with Crippen LogP contribution in [0.1, 0.15) is 35.2 Å². The Morgan fingerprint density at radius 1 is 1.11 bits per heavy atom. The van der Waals surface area contributed by atoms with E-state index in [2.05, 4.69) is 10.3 Å². The molecule has 3 rings (SSSR count). The van der Waals surface area contributed by atoms with Crippen LogP contribution in [0.25, 0.3) is 0 Å². The fourth-order valence-electron chi connectivity index (χ4n) is 3.01. The Hall–Kier alpha value is -3.10. The SMILES string of the molecule is O=C(N[C@H]1CC[C@@H](C(=O)O)C1)c1ccc(Oc2ccc(C(F)(F)F)cn2)cc1. The highest BCUT2D eigenvalue weighted by Crippen LogP contribution is 2.30. The van der Waals surface area contributed by atoms with E-state index in [0.29, 0.717) is 36.8 Å². The van der Waals surface area contributed by atoms with Gasteiger partial charge in [-0.2, -0.15) is 13.2 Å². The van der Waals surface area contributed by atoms with Gasteiger partial charge in [-0.3, -0.25) is 9.59 Å². The van der Waals surface area contributed by atoms with Crippen LogP contribution in [0, 0.1) is 5.92 Å². The molecular formula is C19H17F3N2O4. The quantitative estimate of drug-likeness (QED) is 0.804. The minimum Gasteiger partial charge on any atom is -0.481 e. The molecule has 2 atom stereocenters. The van der Waals surface area contributed by atoms with Crippen LogP contribution < -0.4 is 10.1 Å². The second-order valence-electron chi connectivity index (χ2n) is 6.53. The number of nitrogens with zero attached hydrogens (tertiary/aromatic N) is 1. The summed E-state index contributed by atoms with van der Waals surface area (Å²) in [4.78, 5) is 26.8. The van der Waals surface area contributed by atoms with E-state index < -0.39 is 23.6 Å². The van der Waals surface area contributed by atoms with E-state index in [-0.39, 0.29) is 17.8 Å². The minimum absolute atomic E-state index is 0.00382. The van der Waals surface area contributed by atoms with Crippen molar-refractivity contribution in [2.24, 2.45) is 5.92 Å². The molecular weight excluding hydrogens is 377 g/mol. The Kier molecular flexibility index (Phi) is 5.53. The number of hydrogen-bond donors (Lipinski definition) is 2. The Morgan fingerprint density at radius 2 is 1.82 bits per heavy atom. The smallest absolute Gasteiger partial charge is 0.417 e. The van der Waals surface area contributed by atoms with Gasteiger partial charge in [0.25, 0.3) is 5.91 Å². The summed E-state index contributed by atoms with van der Waals surface area (Å²) in [5, 5.41) is 11.8. The molecule has 28 heavy (non-hydrogen) atoms. The van der Waals surface area contributed by atoms with Crippen molar-refractivity contribution in [2.45, 2.75) is 31.5 Å². The monoisotopic (exact) mass is 394 g/mol. The molecule has 1 fully saturated rings. The fourth-order valence-corrected chi connectivity index (χ4v) is 3.01. The van der Waals surface area contributed by atoms with Crippen LogP contribution in [-0.4, -0.2) is 28.0 Å². The molecule has 0 bridgehead atoms. The third-order valence-corrected chi connectivity index (χ3v) is 4.52. The summed E-state index contributed by atoms with van der Waals surface area (Å²) in [6, 6.07) is 7.84. The van der Waals surface area contributed by atoms with Crippen molar-refractivity contribution < 1.29 is 32.6 Å². The van der Waals surface area contributed by atoms with E-state index in [1.807, 2.05) is 0 Å². The number of amides is 1. The van der Waals surface area contributed by atoms with Crippen molar-refractivity contribution in [3.63, 3.8) is 0 Å². The molecule has 1 aliphatic carbocycles. The van der Waals surface area contributed by atoms with Crippen LogP contribution in [0.4, 0.5) is 13.2 Å². The average molecular weight is 394 g/mol. The number of rotatable bonds is 5. The molecule has 1 amide bonds. The Labute approximate surface area is 158 Å². The van der Waals surface area contributed by atoms with Gasteiger partial charge in [0.15, 0.2) is 0 Å². The number of hydrogen-bond acceptors (Lipinski definition) is 4. The molecule has 1 aliphatic rings. The van der Waals surface area contributed by atoms with Crippen molar-refractivity contribution >= 4 is 11.9 Å². The zero-order valence-electron chi connectivity index (χ0n) is 14.6. The third kappa shape index (κ3) is 4.79. The Bertz CT molecular complexity index is 851. The molecule has 2 aromatic rings. The second-order valence-corrected chi connectivity index (χ2v) is 6.53. The lowest BCUT2D eigenvalue weighted by molar-refractivity contribution is -0.141. The van der Waals surface area contributed by atoms with E-state index in [1.165, 1.54) is 24.3 Å². The number of halogens is 3. The highest BCUT2D eigenvalue weighted by Gasteiger charge is 2.31. The van der Waals surface area contributed by atoms with Gasteiger partial charge in [0, 0.05) is 23.9 Å². The van der Waals surface area contributed by atoms with Crippen molar-refractivity contribution in [3.05, 3.63) is 53.7 Å². The van der Waals surface area contributed by atoms with Crippen molar-refractivity contribution in [1.82, 2.24) is 10.3 Å². The van der Waals surface area contributed by atoms with Gasteiger partial charge >= 0.3 is 12.1 Å². The first-order chi connectivity index (χ1) is 13.2. The van der Waals surface area contributed by atoms with Gasteiger partial charge in [0.1, 0.15) is 5.75 Å². The van der Waals surface area contributed by atoms with E-state index in [1.54, 1.807) is 0 Å². The zero-order valence-corrected chi connectivity index (χ0v) is 14.6. The van der Waals surface area contributed by atoms with Gasteiger partial charge in [-0.15, -0.1) is 0 Å². The molecule has 0 aliphatic heterocycles. The van der Waals surface area contributed by atoms with Gasteiger partial charge in [-0.1, -0.05) is 0 Å². The first kappa shape index (κ1) is 19.7. The lowest BCUT2D eigenvalue weighted by Crippen LogP contribution is -2.33. The zero-order chi connectivity index (χ0) is 20.3. The molecule has 148 valence electrons. The van der Waals surface area contributed by atoms with E-state index in [0.717, 1.165) is 12.1 Å². The molecule has 0 unspecified atom stereocenters. The van der Waals surface area contributed by atoms with Crippen LogP contribution in [0.3, 0.4) is 0 Å². The first-order valence-corrected chi connectivity index (χ1v) is 8.57. The molecule has 9 heteroatoms. The lowest BCUT2D eigenvalue weighted by atomic mass is 10.1. The molecule has 0 spiro atoms. The number of alkyl halides is 3. The normalized spacial score (nSPS) is 19.2. The Morgan fingerprint density at radius 3 is 2.36 bits per heavy atom. The number of benzene rings is 1. The average Bonchev–Trinajstić information content (AvgIpc) is 3.11. The van der Waals surface area contributed by atoms with Crippen molar-refractivity contribution in [3.8, 4) is 11.6 Å². The number of aliphatic carboxylic acids is 1. The summed E-state index contributed by atoms with van der Waals surface area (Å²) < 4.78 is 43.0. The van der Waals surface area contributed by atoms with Gasteiger partial charge in [0.05, 0.1) is 11.5 Å². The summed E-state index contributed by atoms with van der Waals surface area (Å²) in [5.74, 6) is -1.30. The molecule has 1 saturated carbocycles. The number of nitrogens with one attached hydrogen (secondary N) is 1. The summed E-state index contributed by atoms with van der Waals surface area (Å²) in [6.07, 6.45) is -2.23. The molecule has 6 nitrogen and oxygen atoms in total. The largest absolute Gasteiger partial charge is 0.481 e. The van der Waals surface area contributed by atoms with Crippen LogP contribution in [0.15, 0.2) is 42.6 Å². The number of carboxylic acid groups (broad SMARTS) is 1. The standard InChI is InChI=1S/C19H17F3N2O4/c20-19(21,22)13-4-8-16(23-10-13)28-15-6-2-11(3-7-15)17(25)24-14-5-1-12(9-14)18(26)27/h2-4,6-8,10,12,14H,1,5,9H2,(H,24,25)(H,26,27)/t12-,14+/m1/s1. The summed E-state index contributed by atoms with van der Waals surface area (Å²) in [7, 11) is 0. The second kappa shape index (κ2) is 7.87. The number of carbonyl (C=O) groups excluding carboxylic acids is 1. The van der Waals surface area contributed by atoms with E-state index in [9.17, 15) is 22.8 Å². The van der Waals surface area contributed by atoms with Gasteiger partial charge in [-0.25, -0.2) is 4.98 Å². The predicted molar refractivity (Wildman–Crippen MR) is 92.0 cm³/mol. The fraction of sp³-hybridized carbons (Fsp3) is 0.316. The van der Waals surface area contributed by atoms with Crippen LogP contribution in [0.5, 0.6) is 11.6 Å². The third-order valence-electron chi connectivity index (χ3n) is 4.52. The van der Waals surface area contributed by atoms with Gasteiger partial charge < -0.3 is 15.2 Å². The van der Waals surface area contributed by atoms with Gasteiger partial charge in [-0.05, 0) is 49.6 Å². The summed E-state index contributed by atoms with van der Waals surface area (Å²) >= 11 is 0. The number of carbonyl (C=O) groups is 2. The number of pyridine rings is 1. The number of ether oxygens (including phenoxy) is 1. The minimum atomic E-state index is -4.47. The first-order valence-electron chi connectivity index (χ1n) is 8.57. The van der Waals surface area contributed by atoms with E-state index in [4.69, 9.17) is 9.84 Å². The molecule has 1 heterocycles. The predicted octanol–water partition coefficient (Wildman–Crippen LogP) is 3.88. The maximum atomic E-state index is 12.5. The lowest BCUT2D eigenvalue weighted by Gasteiger charge is -2.13.